The first-order valence-corrected chi connectivity index (χ1v) is 11.8. The average Bonchev–Trinajstić information content (AvgIpc) is 2.59. The standard InChI is InChI=1S/C27H48/c1-8-10-11-12-13-15-24(14-9-2)20-21-26(4,5)22-27(6,7)25-18-16-23(3)17-19-25/h16-19,24H,8-15,20-22H2,1-7H3. The number of aryl methyl sites for hydroxylation is 1. The lowest BCUT2D eigenvalue weighted by Gasteiger charge is -2.36. The van der Waals surface area contributed by atoms with Crippen LogP contribution in [0.25, 0.3) is 0 Å². The van der Waals surface area contributed by atoms with Crippen molar-refractivity contribution in [2.45, 2.75) is 125 Å². The lowest BCUT2D eigenvalue weighted by Crippen LogP contribution is -2.27. The molecule has 156 valence electrons. The molecule has 0 N–H and O–H groups in total. The molecule has 0 aliphatic heterocycles. The predicted octanol–water partition coefficient (Wildman–Crippen LogP) is 9.25. The van der Waals surface area contributed by atoms with E-state index in [9.17, 15) is 0 Å². The molecule has 0 radical (unpaired) electrons. The van der Waals surface area contributed by atoms with E-state index in [1.54, 1.807) is 0 Å². The minimum absolute atomic E-state index is 0.248. The zero-order valence-corrected chi connectivity index (χ0v) is 19.7. The third-order valence-corrected chi connectivity index (χ3v) is 6.40. The summed E-state index contributed by atoms with van der Waals surface area (Å²) in [5.74, 6) is 0.943. The second-order valence-corrected chi connectivity index (χ2v) is 10.5. The molecule has 1 aromatic carbocycles. The van der Waals surface area contributed by atoms with Crippen LogP contribution >= 0.6 is 0 Å². The van der Waals surface area contributed by atoms with Gasteiger partial charge in [0.25, 0.3) is 0 Å². The maximum atomic E-state index is 2.49. The second kappa shape index (κ2) is 11.9. The van der Waals surface area contributed by atoms with Crippen LogP contribution in [0.15, 0.2) is 24.3 Å². The van der Waals surface area contributed by atoms with E-state index in [0.29, 0.717) is 5.41 Å². The summed E-state index contributed by atoms with van der Waals surface area (Å²) >= 11 is 0. The van der Waals surface area contributed by atoms with Gasteiger partial charge in [-0.1, -0.05) is 123 Å². The summed E-state index contributed by atoms with van der Waals surface area (Å²) in [6, 6.07) is 9.20. The van der Waals surface area contributed by atoms with Gasteiger partial charge in [0.2, 0.25) is 0 Å². The van der Waals surface area contributed by atoms with E-state index in [0.717, 1.165) is 5.92 Å². The predicted molar refractivity (Wildman–Crippen MR) is 124 cm³/mol. The fraction of sp³-hybridized carbons (Fsp3) is 0.778. The molecule has 0 fully saturated rings. The van der Waals surface area contributed by atoms with E-state index in [4.69, 9.17) is 0 Å². The number of hydrogen-bond acceptors (Lipinski definition) is 0. The molecule has 0 heteroatoms. The largest absolute Gasteiger partial charge is 0.0654 e. The van der Waals surface area contributed by atoms with Gasteiger partial charge in [0, 0.05) is 0 Å². The van der Waals surface area contributed by atoms with Gasteiger partial charge >= 0.3 is 0 Å². The molecular weight excluding hydrogens is 324 g/mol. The zero-order valence-electron chi connectivity index (χ0n) is 19.7. The van der Waals surface area contributed by atoms with E-state index in [-0.39, 0.29) is 5.41 Å². The molecule has 1 atom stereocenters. The van der Waals surface area contributed by atoms with Crippen molar-refractivity contribution in [3.63, 3.8) is 0 Å². The fourth-order valence-electron chi connectivity index (χ4n) is 4.86. The first-order valence-electron chi connectivity index (χ1n) is 11.8. The van der Waals surface area contributed by atoms with Crippen molar-refractivity contribution in [1.82, 2.24) is 0 Å². The lowest BCUT2D eigenvalue weighted by molar-refractivity contribution is 0.212. The van der Waals surface area contributed by atoms with Crippen LogP contribution in [0.4, 0.5) is 0 Å². The van der Waals surface area contributed by atoms with Crippen LogP contribution in [0, 0.1) is 18.3 Å². The zero-order chi connectivity index (χ0) is 20.3. The van der Waals surface area contributed by atoms with Crippen LogP contribution in [0.1, 0.15) is 123 Å². The summed E-state index contributed by atoms with van der Waals surface area (Å²) < 4.78 is 0. The van der Waals surface area contributed by atoms with Gasteiger partial charge in [-0.25, -0.2) is 0 Å². The number of benzene rings is 1. The van der Waals surface area contributed by atoms with Crippen LogP contribution in [0.3, 0.4) is 0 Å². The highest BCUT2D eigenvalue weighted by molar-refractivity contribution is 5.27. The quantitative estimate of drug-likeness (QED) is 0.285. The Morgan fingerprint density at radius 2 is 1.37 bits per heavy atom. The van der Waals surface area contributed by atoms with Crippen molar-refractivity contribution in [2.24, 2.45) is 11.3 Å². The molecule has 0 saturated carbocycles. The van der Waals surface area contributed by atoms with Gasteiger partial charge in [-0.15, -0.1) is 0 Å². The Morgan fingerprint density at radius 3 is 1.96 bits per heavy atom. The van der Waals surface area contributed by atoms with Crippen molar-refractivity contribution in [3.05, 3.63) is 35.4 Å². The van der Waals surface area contributed by atoms with Crippen molar-refractivity contribution in [2.75, 3.05) is 0 Å². The molecular formula is C27H48. The van der Waals surface area contributed by atoms with Crippen LogP contribution in [0.2, 0.25) is 0 Å². The topological polar surface area (TPSA) is 0 Å². The van der Waals surface area contributed by atoms with E-state index in [1.807, 2.05) is 0 Å². The van der Waals surface area contributed by atoms with E-state index < -0.39 is 0 Å². The van der Waals surface area contributed by atoms with Crippen LogP contribution < -0.4 is 0 Å². The molecule has 0 nitrogen and oxygen atoms in total. The second-order valence-electron chi connectivity index (χ2n) is 10.5. The summed E-state index contributed by atoms with van der Waals surface area (Å²) in [5, 5.41) is 0. The Morgan fingerprint density at radius 1 is 0.741 bits per heavy atom. The highest BCUT2D eigenvalue weighted by Crippen LogP contribution is 2.40. The monoisotopic (exact) mass is 372 g/mol. The van der Waals surface area contributed by atoms with Gasteiger partial charge in [0.05, 0.1) is 0 Å². The summed E-state index contributed by atoms with van der Waals surface area (Å²) in [4.78, 5) is 0. The van der Waals surface area contributed by atoms with Gasteiger partial charge in [0.15, 0.2) is 0 Å². The van der Waals surface area contributed by atoms with Crippen LogP contribution in [-0.2, 0) is 5.41 Å². The lowest BCUT2D eigenvalue weighted by atomic mass is 9.69. The van der Waals surface area contributed by atoms with Crippen LogP contribution in [0.5, 0.6) is 0 Å². The van der Waals surface area contributed by atoms with Gasteiger partial charge < -0.3 is 0 Å². The molecule has 1 rings (SSSR count). The minimum Gasteiger partial charge on any atom is -0.0654 e. The molecule has 0 bridgehead atoms. The van der Waals surface area contributed by atoms with Crippen molar-refractivity contribution < 1.29 is 0 Å². The van der Waals surface area contributed by atoms with Crippen molar-refractivity contribution in [3.8, 4) is 0 Å². The Bertz CT molecular complexity index is 491. The molecule has 0 heterocycles. The maximum Gasteiger partial charge on any atom is -0.00985 e. The average molecular weight is 373 g/mol. The Hall–Kier alpha value is -0.780. The van der Waals surface area contributed by atoms with Crippen molar-refractivity contribution >= 4 is 0 Å². The molecule has 0 aromatic heterocycles. The number of rotatable bonds is 14. The normalized spacial score (nSPS) is 13.7. The molecule has 0 amide bonds. The first kappa shape index (κ1) is 24.3. The molecule has 27 heavy (non-hydrogen) atoms. The van der Waals surface area contributed by atoms with Gasteiger partial charge in [0.1, 0.15) is 0 Å². The Labute approximate surface area is 171 Å². The van der Waals surface area contributed by atoms with E-state index in [1.165, 1.54) is 81.8 Å². The molecule has 0 saturated heterocycles. The van der Waals surface area contributed by atoms with Crippen molar-refractivity contribution in [1.29, 1.82) is 0 Å². The molecule has 0 spiro atoms. The molecule has 1 unspecified atom stereocenters. The molecule has 0 aliphatic carbocycles. The maximum absolute atomic E-state index is 2.49. The molecule has 1 aromatic rings. The highest BCUT2D eigenvalue weighted by Gasteiger charge is 2.30. The van der Waals surface area contributed by atoms with Gasteiger partial charge in [-0.2, -0.15) is 0 Å². The van der Waals surface area contributed by atoms with Crippen LogP contribution in [-0.4, -0.2) is 0 Å². The Kier molecular flexibility index (Phi) is 10.7. The van der Waals surface area contributed by atoms with Gasteiger partial charge in [-0.05, 0) is 48.5 Å². The smallest absolute Gasteiger partial charge is 0.00985 e. The number of unbranched alkanes of at least 4 members (excludes halogenated alkanes) is 4. The first-order chi connectivity index (χ1) is 12.7. The summed E-state index contributed by atoms with van der Waals surface area (Å²) in [5.41, 5.74) is 3.50. The molecule has 0 aliphatic rings. The Balaban J connectivity index is 2.53. The highest BCUT2D eigenvalue weighted by atomic mass is 14.3. The third-order valence-electron chi connectivity index (χ3n) is 6.40. The number of hydrogen-bond donors (Lipinski definition) is 0. The van der Waals surface area contributed by atoms with Gasteiger partial charge in [-0.3, -0.25) is 0 Å². The summed E-state index contributed by atoms with van der Waals surface area (Å²) in [6.45, 7) is 16.7. The van der Waals surface area contributed by atoms with E-state index >= 15 is 0 Å². The fourth-order valence-corrected chi connectivity index (χ4v) is 4.86. The summed E-state index contributed by atoms with van der Waals surface area (Å²) in [6.07, 6.45) is 15.3. The SMILES string of the molecule is CCCCCCCC(CCC)CCC(C)(C)CC(C)(C)c1ccc(C)cc1. The summed E-state index contributed by atoms with van der Waals surface area (Å²) in [7, 11) is 0. The minimum atomic E-state index is 0.248. The van der Waals surface area contributed by atoms with E-state index in [2.05, 4.69) is 72.7 Å². The third kappa shape index (κ3) is 9.82.